The van der Waals surface area contributed by atoms with Gasteiger partial charge in [-0.05, 0) is 6.42 Å². The molecule has 1 unspecified atom stereocenters. The van der Waals surface area contributed by atoms with E-state index in [1.165, 1.54) is 0 Å². The van der Waals surface area contributed by atoms with Crippen molar-refractivity contribution in [3.8, 4) is 0 Å². The van der Waals surface area contributed by atoms with E-state index in [4.69, 9.17) is 4.42 Å². The number of aryl methyl sites for hydroxylation is 1. The molecule has 2 nitrogen and oxygen atoms in total. The van der Waals surface area contributed by atoms with Crippen molar-refractivity contribution >= 4 is 20.3 Å². The number of Topliss-reactive ketones (excluding diaryl/α,β-unsaturated/α-hetero) is 1. The van der Waals surface area contributed by atoms with Gasteiger partial charge in [-0.15, -0.1) is 9.24 Å². The quantitative estimate of drug-likeness (QED) is 0.546. The average molecular weight is 168 g/mol. The molecule has 0 bridgehead atoms. The molecule has 0 radical (unpaired) electrons. The minimum absolute atomic E-state index is 0.227. The van der Waals surface area contributed by atoms with E-state index in [9.17, 15) is 4.79 Å². The zero-order valence-corrected chi connectivity index (χ0v) is 7.25. The lowest BCUT2D eigenvalue weighted by molar-refractivity contribution is 0.0970. The van der Waals surface area contributed by atoms with Crippen LogP contribution in [0, 0.1) is 0 Å². The molecule has 11 heavy (non-hydrogen) atoms. The van der Waals surface area contributed by atoms with Crippen LogP contribution in [0.3, 0.4) is 0 Å². The van der Waals surface area contributed by atoms with E-state index in [2.05, 4.69) is 9.24 Å². The number of fused-ring (bicyclic) bond motifs is 1. The zero-order valence-electron chi connectivity index (χ0n) is 6.09. The van der Waals surface area contributed by atoms with Crippen LogP contribution in [-0.2, 0) is 6.42 Å². The predicted octanol–water partition coefficient (Wildman–Crippen LogP) is 1.30. The maximum atomic E-state index is 11.3. The number of ketones is 1. The minimum Gasteiger partial charge on any atom is -0.468 e. The lowest BCUT2D eigenvalue weighted by Gasteiger charge is -2.07. The highest BCUT2D eigenvalue weighted by Gasteiger charge is 2.22. The van der Waals surface area contributed by atoms with Gasteiger partial charge in [0.25, 0.3) is 0 Å². The summed E-state index contributed by atoms with van der Waals surface area (Å²) in [6, 6.07) is 0. The summed E-state index contributed by atoms with van der Waals surface area (Å²) in [6.45, 7) is 0. The Morgan fingerprint density at radius 3 is 3.00 bits per heavy atom. The molecule has 1 atom stereocenters. The van der Waals surface area contributed by atoms with Gasteiger partial charge in [0.05, 0.1) is 11.8 Å². The largest absolute Gasteiger partial charge is 0.468 e. The second kappa shape index (κ2) is 2.46. The Balaban J connectivity index is 2.56. The van der Waals surface area contributed by atoms with E-state index < -0.39 is 0 Å². The van der Waals surface area contributed by atoms with Crippen molar-refractivity contribution in [1.29, 1.82) is 0 Å². The Labute approximate surface area is 67.2 Å². The van der Waals surface area contributed by atoms with Crippen molar-refractivity contribution in [3.63, 3.8) is 0 Å². The molecule has 3 heteroatoms. The maximum absolute atomic E-state index is 11.3. The third-order valence-electron chi connectivity index (χ3n) is 1.98. The predicted molar refractivity (Wildman–Crippen MR) is 45.3 cm³/mol. The van der Waals surface area contributed by atoms with Gasteiger partial charge in [-0.25, -0.2) is 0 Å². The SMILES string of the molecule is O=C1CCCc2occ(P)c21. The van der Waals surface area contributed by atoms with Gasteiger partial charge in [-0.2, -0.15) is 0 Å². The molecule has 0 fully saturated rings. The molecule has 2 rings (SSSR count). The van der Waals surface area contributed by atoms with Crippen LogP contribution in [-0.4, -0.2) is 5.78 Å². The molecule has 0 aromatic carbocycles. The number of hydrogen-bond donors (Lipinski definition) is 0. The summed E-state index contributed by atoms with van der Waals surface area (Å²) in [7, 11) is 2.52. The molecule has 0 saturated heterocycles. The van der Waals surface area contributed by atoms with Gasteiger partial charge in [-0.1, -0.05) is 0 Å². The highest BCUT2D eigenvalue weighted by atomic mass is 31.0. The summed E-state index contributed by atoms with van der Waals surface area (Å²) >= 11 is 0. The van der Waals surface area contributed by atoms with Crippen LogP contribution >= 0.6 is 9.24 Å². The molecule has 1 heterocycles. The summed E-state index contributed by atoms with van der Waals surface area (Å²) in [5.74, 6) is 1.09. The van der Waals surface area contributed by atoms with E-state index >= 15 is 0 Å². The molecule has 0 N–H and O–H groups in total. The summed E-state index contributed by atoms with van der Waals surface area (Å²) in [4.78, 5) is 11.3. The van der Waals surface area contributed by atoms with E-state index in [0.29, 0.717) is 6.42 Å². The number of furan rings is 1. The fourth-order valence-electron chi connectivity index (χ4n) is 1.45. The van der Waals surface area contributed by atoms with Crippen LogP contribution in [0.2, 0.25) is 0 Å². The molecule has 0 amide bonds. The summed E-state index contributed by atoms with van der Waals surface area (Å²) in [6.07, 6.45) is 4.16. The van der Waals surface area contributed by atoms with Crippen molar-refractivity contribution in [1.82, 2.24) is 0 Å². The number of carbonyl (C=O) groups excluding carboxylic acids is 1. The monoisotopic (exact) mass is 168 g/mol. The topological polar surface area (TPSA) is 30.2 Å². The van der Waals surface area contributed by atoms with Gasteiger partial charge in [0, 0.05) is 18.1 Å². The van der Waals surface area contributed by atoms with Gasteiger partial charge in [0.1, 0.15) is 5.76 Å². The first kappa shape index (κ1) is 7.05. The minimum atomic E-state index is 0.227. The normalized spacial score (nSPS) is 16.6. The summed E-state index contributed by atoms with van der Waals surface area (Å²) in [5.41, 5.74) is 0.807. The second-order valence-electron chi connectivity index (χ2n) is 2.77. The van der Waals surface area contributed by atoms with Crippen LogP contribution in [0.1, 0.15) is 29.0 Å². The number of carbonyl (C=O) groups is 1. The average Bonchev–Trinajstić information content (AvgIpc) is 2.34. The fraction of sp³-hybridized carbons (Fsp3) is 0.375. The fourth-order valence-corrected chi connectivity index (χ4v) is 1.84. The standard InChI is InChI=1S/C8H9O2P/c9-5-2-1-3-6-8(5)7(11)4-10-6/h4H,1-3,11H2. The molecule has 58 valence electrons. The Morgan fingerprint density at radius 2 is 2.27 bits per heavy atom. The van der Waals surface area contributed by atoms with Crippen molar-refractivity contribution in [2.75, 3.05) is 0 Å². The Morgan fingerprint density at radius 1 is 1.45 bits per heavy atom. The molecule has 0 saturated carbocycles. The lowest BCUT2D eigenvalue weighted by Crippen LogP contribution is -2.13. The van der Waals surface area contributed by atoms with Crippen LogP contribution < -0.4 is 5.30 Å². The third kappa shape index (κ3) is 1.02. The first-order valence-corrected chi connectivity index (χ1v) is 4.26. The maximum Gasteiger partial charge on any atom is 0.167 e. The van der Waals surface area contributed by atoms with Gasteiger partial charge in [-0.3, -0.25) is 4.79 Å². The Bertz CT molecular complexity index is 301. The molecule has 1 aliphatic carbocycles. The number of rotatable bonds is 0. The molecular formula is C8H9O2P. The highest BCUT2D eigenvalue weighted by molar-refractivity contribution is 7.27. The van der Waals surface area contributed by atoms with Gasteiger partial charge >= 0.3 is 0 Å². The lowest BCUT2D eigenvalue weighted by atomic mass is 9.97. The Hall–Kier alpha value is -0.620. The summed E-state index contributed by atoms with van der Waals surface area (Å²) < 4.78 is 5.22. The zero-order chi connectivity index (χ0) is 7.84. The highest BCUT2D eigenvalue weighted by Crippen LogP contribution is 2.21. The van der Waals surface area contributed by atoms with E-state index in [1.807, 2.05) is 0 Å². The molecular weight excluding hydrogens is 159 g/mol. The number of hydrogen-bond acceptors (Lipinski definition) is 2. The molecule has 1 aliphatic rings. The van der Waals surface area contributed by atoms with Crippen molar-refractivity contribution in [3.05, 3.63) is 17.6 Å². The van der Waals surface area contributed by atoms with Gasteiger partial charge < -0.3 is 4.42 Å². The van der Waals surface area contributed by atoms with Gasteiger partial charge in [0.2, 0.25) is 0 Å². The van der Waals surface area contributed by atoms with Crippen molar-refractivity contribution < 1.29 is 9.21 Å². The van der Waals surface area contributed by atoms with Crippen molar-refractivity contribution in [2.24, 2.45) is 0 Å². The first-order chi connectivity index (χ1) is 5.29. The summed E-state index contributed by atoms with van der Waals surface area (Å²) in [5, 5.41) is 0.907. The first-order valence-electron chi connectivity index (χ1n) is 3.68. The molecule has 1 aromatic rings. The molecule has 0 aliphatic heterocycles. The van der Waals surface area contributed by atoms with E-state index in [0.717, 1.165) is 29.5 Å². The third-order valence-corrected chi connectivity index (χ3v) is 2.41. The van der Waals surface area contributed by atoms with Crippen LogP contribution in [0.4, 0.5) is 0 Å². The van der Waals surface area contributed by atoms with Gasteiger partial charge in [0.15, 0.2) is 5.78 Å². The van der Waals surface area contributed by atoms with E-state index in [-0.39, 0.29) is 5.78 Å². The van der Waals surface area contributed by atoms with Crippen LogP contribution in [0.15, 0.2) is 10.7 Å². The smallest absolute Gasteiger partial charge is 0.167 e. The second-order valence-corrected chi connectivity index (χ2v) is 3.39. The Kier molecular flexibility index (Phi) is 1.57. The molecule has 0 spiro atoms. The molecule has 1 aromatic heterocycles. The van der Waals surface area contributed by atoms with Crippen LogP contribution in [0.5, 0.6) is 0 Å². The van der Waals surface area contributed by atoms with Crippen LogP contribution in [0.25, 0.3) is 0 Å². The van der Waals surface area contributed by atoms with Crippen molar-refractivity contribution in [2.45, 2.75) is 19.3 Å². The van der Waals surface area contributed by atoms with E-state index in [1.54, 1.807) is 6.26 Å².